The van der Waals surface area contributed by atoms with E-state index in [0.717, 1.165) is 198 Å². The number of H-pyrrole nitrogens is 1. The maximum atomic E-state index is 13.1. The molecule has 720 valence electrons. The molecule has 0 unspecified atom stereocenters. The molecule has 8 N–H and O–H groups in total. The van der Waals surface area contributed by atoms with Crippen LogP contribution in [0.1, 0.15) is 207 Å². The van der Waals surface area contributed by atoms with Crippen molar-refractivity contribution in [3.8, 4) is 46.2 Å². The molecule has 0 bridgehead atoms. The minimum absolute atomic E-state index is 0.0368. The van der Waals surface area contributed by atoms with E-state index in [1.807, 2.05) is 140 Å². The van der Waals surface area contributed by atoms with Gasteiger partial charge in [-0.3, -0.25) is 13.9 Å². The minimum atomic E-state index is -3.30. The molecule has 26 heteroatoms. The number of aryl methyl sites for hydroxylation is 2. The highest BCUT2D eigenvalue weighted by Crippen LogP contribution is 2.53. The Kier molecular flexibility index (Phi) is 28.3. The first-order valence-electron chi connectivity index (χ1n) is 48.6. The van der Waals surface area contributed by atoms with Crippen LogP contribution in [0.4, 0.5) is 11.4 Å². The van der Waals surface area contributed by atoms with Crippen molar-refractivity contribution in [1.29, 1.82) is 5.26 Å². The number of hydrogen-bond acceptors (Lipinski definition) is 16. The van der Waals surface area contributed by atoms with Crippen LogP contribution >= 0.6 is 58.0 Å². The van der Waals surface area contributed by atoms with Gasteiger partial charge in [0.25, 0.3) is 5.91 Å². The van der Waals surface area contributed by atoms with Gasteiger partial charge in [-0.2, -0.15) is 5.26 Å². The van der Waals surface area contributed by atoms with E-state index in [-0.39, 0.29) is 76.1 Å². The van der Waals surface area contributed by atoms with Crippen molar-refractivity contribution in [1.82, 2.24) is 39.8 Å². The predicted octanol–water partition coefficient (Wildman–Crippen LogP) is 20.8. The summed E-state index contributed by atoms with van der Waals surface area (Å²) in [6, 6.07) is 63.9. The molecule has 1 fully saturated rings. The van der Waals surface area contributed by atoms with Gasteiger partial charge in [-0.25, -0.2) is 13.4 Å². The summed E-state index contributed by atoms with van der Waals surface area (Å²) in [5, 5.41) is 69.1. The highest BCUT2D eigenvalue weighted by atomic mass is 35.5. The summed E-state index contributed by atoms with van der Waals surface area (Å²) in [5.41, 5.74) is 29.6. The van der Waals surface area contributed by atoms with Crippen molar-refractivity contribution in [2.75, 3.05) is 90.9 Å². The van der Waals surface area contributed by atoms with Crippen LogP contribution in [0.3, 0.4) is 0 Å². The lowest BCUT2D eigenvalue weighted by molar-refractivity contribution is -0.117. The Labute approximate surface area is 839 Å². The molecule has 0 spiro atoms. The number of phenols is 5. The van der Waals surface area contributed by atoms with Crippen molar-refractivity contribution in [3.05, 3.63) is 347 Å². The van der Waals surface area contributed by atoms with Crippen molar-refractivity contribution in [3.63, 3.8) is 0 Å². The molecule has 10 atom stereocenters. The van der Waals surface area contributed by atoms with Crippen LogP contribution in [-0.2, 0) is 85.6 Å². The molecule has 0 saturated heterocycles. The number of fused-ring (bicyclic) bond motifs is 25. The fraction of sp³-hybridized carbons (Fsp3) is 0.363. The van der Waals surface area contributed by atoms with Crippen molar-refractivity contribution in [2.45, 2.75) is 175 Å². The third kappa shape index (κ3) is 19.6. The number of hydrogen-bond donors (Lipinski definition) is 8. The van der Waals surface area contributed by atoms with Gasteiger partial charge in [-0.05, 0) is 358 Å². The zero-order chi connectivity index (χ0) is 97.3. The topological polar surface area (TPSA) is 265 Å². The number of sulfonamides is 1. The molecule has 6 heterocycles. The average molecular weight is 1980 g/mol. The molecule has 1 saturated carbocycles. The lowest BCUT2D eigenvalue weighted by Gasteiger charge is -2.38. The zero-order valence-electron chi connectivity index (χ0n) is 79.3. The average Bonchev–Trinajstić information content (AvgIpc) is 1.68. The number of carbonyl (C=O) groups is 2. The summed E-state index contributed by atoms with van der Waals surface area (Å²) in [6.45, 7) is 5.36. The molecule has 139 heavy (non-hydrogen) atoms. The SMILES string of the molecule is CN1CCc2cc(Cl)c(O)cc2[C@H]2c3ccc(N(C)S(C)(=O)=O)cc3CC[C@@H]21.CN1CCc2cc(Cl)c(O)cc2[C@H]2c3ccc(NC(=O)C4CC4)cc3CC[C@@H]21.CN1CCc2cc(Cl)c(O)cc2[C@H]2c3cccc(-c4ncc[nH]4)c3CC[C@@H]21.CN1CCc2cc(Cl)c(O)cc2[C@H]2c3cccc(C#N)c3CC[C@@H]21.CN1CCc2cc(Cl)c(O)cc2[C@H]2c3cccc(C(=O)NCc4ccccc4)c3CC[C@@H]21. The first-order chi connectivity index (χ1) is 66.9. The summed E-state index contributed by atoms with van der Waals surface area (Å²) in [6.07, 6.45) is 21.4. The molecular weight excluding hydrogens is 1860 g/mol. The number of nitrogens with one attached hydrogen (secondary N) is 3. The molecule has 23 rings (SSSR count). The van der Waals surface area contributed by atoms with Gasteiger partial charge in [0.2, 0.25) is 15.9 Å². The smallest absolute Gasteiger partial charge is 0.251 e. The number of amides is 2. The largest absolute Gasteiger partial charge is 0.506 e. The number of aromatic amines is 1. The van der Waals surface area contributed by atoms with Gasteiger partial charge in [-0.15, -0.1) is 0 Å². The van der Waals surface area contributed by atoms with Gasteiger partial charge in [0, 0.05) is 141 Å². The second kappa shape index (κ2) is 40.6. The highest BCUT2D eigenvalue weighted by molar-refractivity contribution is 7.92. The Hall–Kier alpha value is -10.9. The van der Waals surface area contributed by atoms with E-state index in [1.54, 1.807) is 13.2 Å². The molecule has 12 aromatic rings. The number of likely N-dealkylation sites (N-methyl/N-ethyl adjacent to an activating group) is 5. The number of nitrogens with zero attached hydrogens (tertiary/aromatic N) is 8. The number of aromatic hydroxyl groups is 5. The number of anilines is 2. The van der Waals surface area contributed by atoms with Crippen molar-refractivity contribution in [2.24, 2.45) is 5.92 Å². The van der Waals surface area contributed by atoms with Crippen molar-refractivity contribution < 1.29 is 43.5 Å². The normalized spacial score (nSPS) is 22.0. The fourth-order valence-corrected chi connectivity index (χ4v) is 25.6. The van der Waals surface area contributed by atoms with E-state index >= 15 is 0 Å². The summed E-state index contributed by atoms with van der Waals surface area (Å²) in [7, 11) is 9.19. The Morgan fingerprint density at radius 2 is 0.813 bits per heavy atom. The number of carbonyl (C=O) groups excluding carboxylic acids is 2. The third-order valence-corrected chi connectivity index (χ3v) is 34.4. The van der Waals surface area contributed by atoms with Crippen LogP contribution in [0.15, 0.2) is 194 Å². The zero-order valence-corrected chi connectivity index (χ0v) is 83.9. The number of aromatic nitrogens is 2. The number of rotatable bonds is 8. The Balaban J connectivity index is 0.000000111. The number of benzene rings is 11. The van der Waals surface area contributed by atoms with Crippen LogP contribution in [0, 0.1) is 17.2 Å². The van der Waals surface area contributed by atoms with Crippen LogP contribution in [0.2, 0.25) is 25.1 Å². The van der Waals surface area contributed by atoms with Crippen LogP contribution < -0.4 is 14.9 Å². The first-order valence-corrected chi connectivity index (χ1v) is 52.3. The second-order valence-corrected chi connectivity index (χ2v) is 43.8. The lowest BCUT2D eigenvalue weighted by atomic mass is 9.73. The van der Waals surface area contributed by atoms with Crippen LogP contribution in [0.5, 0.6) is 28.7 Å². The maximum Gasteiger partial charge on any atom is 0.251 e. The molecule has 11 aromatic carbocycles. The van der Waals surface area contributed by atoms with Crippen molar-refractivity contribution >= 4 is 91.2 Å². The van der Waals surface area contributed by atoms with Gasteiger partial charge in [0.05, 0.1) is 48.7 Å². The summed E-state index contributed by atoms with van der Waals surface area (Å²) >= 11 is 31.0. The minimum Gasteiger partial charge on any atom is -0.506 e. The highest BCUT2D eigenvalue weighted by Gasteiger charge is 2.45. The molecule has 2 amide bonds. The Morgan fingerprint density at radius 3 is 1.24 bits per heavy atom. The van der Waals surface area contributed by atoms with E-state index in [9.17, 15) is 48.8 Å². The van der Waals surface area contributed by atoms with E-state index in [4.69, 9.17) is 58.0 Å². The third-order valence-electron chi connectivity index (χ3n) is 31.7. The number of imidazole rings is 1. The Bertz CT molecular complexity index is 6900. The van der Waals surface area contributed by atoms with E-state index in [2.05, 4.69) is 135 Å². The quantitative estimate of drug-likeness (QED) is 0.0703. The number of halogens is 5. The van der Waals surface area contributed by atoms with E-state index < -0.39 is 10.0 Å². The van der Waals surface area contributed by atoms with Crippen LogP contribution in [0.25, 0.3) is 11.4 Å². The number of nitriles is 1. The standard InChI is InChI=1S/C27H27ClN2O2.C23H25ClN2O2.C22H22ClN3O.C21H25ClN2O3S.C20H19ClN2O/c1-30-13-12-18-14-23(28)25(31)15-22(18)26-20-8-5-9-21(19(20)10-11-24(26)30)27(32)29-16-17-6-3-2-4-7-17;1-26-9-8-15-11-19(24)21(27)12-18(15)22-17-6-5-16(25-23(28)13-2-3-13)10-14(17)4-7-20(22)26;1-26-10-7-13-11-18(23)20(27)12-17(13)21-15-3-2-4-16(22-24-8-9-25-22)14(15)5-6-19(21)26;1-23-9-8-14-11-18(22)20(25)12-17(14)21-16-6-5-15(24(2)28(3,26)27)10-13(16)4-7-19(21)23;1-23-8-7-12-9-17(21)19(24)10-16(12)20-15-4-2-3-13(11-22)14(15)5-6-18(20)23/h2-9,14-15,24,26,31H,10-13,16H2,1H3,(H,29,32);5-6,10-13,20,22,27H,2-4,7-9H2,1H3,(H,25,28);2-4,8-9,11-12,19,21,27H,5-7,10H2,1H3,(H,24,25);5-6,10-12,19,21,25H,4,7-9H2,1-3H3;2-4,9-10,18,20,24H,5-8H2,1H3/t24-,26+;20-,22+;2*19-,21+;18-,20+/m00000/s1. The second-order valence-electron chi connectivity index (χ2n) is 39.7. The molecule has 5 aliphatic heterocycles. The lowest BCUT2D eigenvalue weighted by Crippen LogP contribution is -2.40. The van der Waals surface area contributed by atoms with E-state index in [0.29, 0.717) is 67.6 Å². The number of phenolic OH excluding ortho intramolecular Hbond substituents is 5. The van der Waals surface area contributed by atoms with Gasteiger partial charge in [-0.1, -0.05) is 143 Å². The molecule has 6 aliphatic carbocycles. The molecular formula is C113H118Cl5N11O9S. The summed E-state index contributed by atoms with van der Waals surface area (Å²) in [4.78, 5) is 45.2. The van der Waals surface area contributed by atoms with Crippen LogP contribution in [-0.4, -0.2) is 192 Å². The molecule has 11 aliphatic rings. The molecule has 0 radical (unpaired) electrons. The molecule has 20 nitrogen and oxygen atoms in total. The summed E-state index contributed by atoms with van der Waals surface area (Å²) in [5.74, 6) is 2.80. The van der Waals surface area contributed by atoms with E-state index in [1.165, 1.54) is 99.6 Å². The Morgan fingerprint density at radius 1 is 0.432 bits per heavy atom. The fourth-order valence-electron chi connectivity index (χ4n) is 24.2. The van der Waals surface area contributed by atoms with Gasteiger partial charge < -0.3 is 65.6 Å². The predicted molar refractivity (Wildman–Crippen MR) is 554 cm³/mol. The van der Waals surface area contributed by atoms with Gasteiger partial charge in [0.15, 0.2) is 0 Å². The maximum absolute atomic E-state index is 13.1. The monoisotopic (exact) mass is 1980 g/mol. The molecule has 1 aromatic heterocycles. The van der Waals surface area contributed by atoms with Gasteiger partial charge >= 0.3 is 0 Å². The summed E-state index contributed by atoms with van der Waals surface area (Å²) < 4.78 is 25.2. The first kappa shape index (κ1) is 96.9. The van der Waals surface area contributed by atoms with Gasteiger partial charge in [0.1, 0.15) is 34.6 Å².